The first-order chi connectivity index (χ1) is 11.5. The maximum absolute atomic E-state index is 13.6. The standard InChI is InChI=1S/C19H17FN2O2/c1-12-15-8-4-5-9-16(15)19(24)22(12)13(2)18(23)21-11-14-7-3-6-10-17(14)20/h3-10,13H,1,11H2,2H3,(H,21,23). The third-order valence-corrected chi connectivity index (χ3v) is 4.16. The van der Waals surface area contributed by atoms with Gasteiger partial charge in [-0.3, -0.25) is 14.5 Å². The molecule has 0 aliphatic carbocycles. The summed E-state index contributed by atoms with van der Waals surface area (Å²) in [7, 11) is 0. The summed E-state index contributed by atoms with van der Waals surface area (Å²) < 4.78 is 13.6. The molecule has 0 aromatic heterocycles. The molecule has 0 spiro atoms. The van der Waals surface area contributed by atoms with Crippen LogP contribution in [0.2, 0.25) is 0 Å². The van der Waals surface area contributed by atoms with Gasteiger partial charge in [0.1, 0.15) is 11.9 Å². The third kappa shape index (κ3) is 2.69. The lowest BCUT2D eigenvalue weighted by molar-refractivity contribution is -0.124. The molecule has 1 aliphatic rings. The van der Waals surface area contributed by atoms with Crippen molar-refractivity contribution in [2.24, 2.45) is 0 Å². The molecule has 1 aliphatic heterocycles. The Morgan fingerprint density at radius 1 is 1.17 bits per heavy atom. The average molecular weight is 324 g/mol. The summed E-state index contributed by atoms with van der Waals surface area (Å²) in [5, 5.41) is 2.67. The van der Waals surface area contributed by atoms with Crippen LogP contribution in [-0.4, -0.2) is 22.8 Å². The molecule has 0 bridgehead atoms. The fourth-order valence-corrected chi connectivity index (χ4v) is 2.80. The van der Waals surface area contributed by atoms with Crippen LogP contribution in [0.15, 0.2) is 55.1 Å². The number of carbonyl (C=O) groups is 2. The number of rotatable bonds is 4. The fraction of sp³-hybridized carbons (Fsp3) is 0.158. The van der Waals surface area contributed by atoms with E-state index >= 15 is 0 Å². The summed E-state index contributed by atoms with van der Waals surface area (Å²) >= 11 is 0. The summed E-state index contributed by atoms with van der Waals surface area (Å²) in [6, 6.07) is 12.6. The number of benzene rings is 2. The Bertz CT molecular complexity index is 797. The van der Waals surface area contributed by atoms with Crippen LogP contribution in [0, 0.1) is 5.82 Å². The number of carbonyl (C=O) groups excluding carboxylic acids is 2. The van der Waals surface area contributed by atoms with Crippen LogP contribution in [0.4, 0.5) is 4.39 Å². The molecular weight excluding hydrogens is 307 g/mol. The zero-order chi connectivity index (χ0) is 17.3. The molecule has 24 heavy (non-hydrogen) atoms. The Balaban J connectivity index is 1.72. The number of hydrogen-bond donors (Lipinski definition) is 1. The highest BCUT2D eigenvalue weighted by Gasteiger charge is 2.36. The van der Waals surface area contributed by atoms with Crippen LogP contribution in [0.3, 0.4) is 0 Å². The molecule has 0 fully saturated rings. The van der Waals surface area contributed by atoms with E-state index in [1.54, 1.807) is 43.3 Å². The van der Waals surface area contributed by atoms with E-state index in [-0.39, 0.29) is 24.2 Å². The van der Waals surface area contributed by atoms with Gasteiger partial charge in [0, 0.05) is 28.9 Å². The van der Waals surface area contributed by atoms with Gasteiger partial charge in [0.05, 0.1) is 0 Å². The number of amides is 2. The van der Waals surface area contributed by atoms with Gasteiger partial charge in [0.25, 0.3) is 5.91 Å². The van der Waals surface area contributed by atoms with Crippen LogP contribution in [0.1, 0.15) is 28.4 Å². The maximum Gasteiger partial charge on any atom is 0.259 e. The maximum atomic E-state index is 13.6. The third-order valence-electron chi connectivity index (χ3n) is 4.16. The minimum atomic E-state index is -0.732. The predicted molar refractivity (Wildman–Crippen MR) is 89.4 cm³/mol. The van der Waals surface area contributed by atoms with Crippen molar-refractivity contribution in [3.63, 3.8) is 0 Å². The Hall–Kier alpha value is -2.95. The second-order valence-corrected chi connectivity index (χ2v) is 5.65. The van der Waals surface area contributed by atoms with Gasteiger partial charge in [-0.1, -0.05) is 43.0 Å². The fourth-order valence-electron chi connectivity index (χ4n) is 2.80. The van der Waals surface area contributed by atoms with Gasteiger partial charge < -0.3 is 5.32 Å². The van der Waals surface area contributed by atoms with E-state index in [2.05, 4.69) is 11.9 Å². The molecule has 1 heterocycles. The van der Waals surface area contributed by atoms with Gasteiger partial charge in [-0.2, -0.15) is 0 Å². The Morgan fingerprint density at radius 2 is 1.79 bits per heavy atom. The minimum absolute atomic E-state index is 0.0668. The number of halogens is 1. The van der Waals surface area contributed by atoms with E-state index < -0.39 is 6.04 Å². The second-order valence-electron chi connectivity index (χ2n) is 5.65. The minimum Gasteiger partial charge on any atom is -0.350 e. The normalized spacial score (nSPS) is 14.5. The Kier molecular flexibility index (Phi) is 4.16. The predicted octanol–water partition coefficient (Wildman–Crippen LogP) is 2.96. The molecule has 5 heteroatoms. The van der Waals surface area contributed by atoms with E-state index in [4.69, 9.17) is 0 Å². The van der Waals surface area contributed by atoms with Crippen molar-refractivity contribution in [3.05, 3.63) is 77.6 Å². The van der Waals surface area contributed by atoms with Crippen molar-refractivity contribution >= 4 is 17.5 Å². The largest absolute Gasteiger partial charge is 0.350 e. The van der Waals surface area contributed by atoms with E-state index in [0.29, 0.717) is 16.8 Å². The van der Waals surface area contributed by atoms with Crippen LogP contribution in [-0.2, 0) is 11.3 Å². The van der Waals surface area contributed by atoms with E-state index in [1.807, 2.05) is 6.07 Å². The number of nitrogens with one attached hydrogen (secondary N) is 1. The van der Waals surface area contributed by atoms with Crippen molar-refractivity contribution < 1.29 is 14.0 Å². The molecule has 0 saturated carbocycles. The van der Waals surface area contributed by atoms with Crippen molar-refractivity contribution in [3.8, 4) is 0 Å². The van der Waals surface area contributed by atoms with Crippen molar-refractivity contribution in [1.82, 2.24) is 10.2 Å². The lowest BCUT2D eigenvalue weighted by Gasteiger charge is -2.24. The lowest BCUT2D eigenvalue weighted by Crippen LogP contribution is -2.44. The van der Waals surface area contributed by atoms with Crippen molar-refractivity contribution in [2.45, 2.75) is 19.5 Å². The van der Waals surface area contributed by atoms with Gasteiger partial charge in [-0.25, -0.2) is 4.39 Å². The van der Waals surface area contributed by atoms with Gasteiger partial charge in [0.2, 0.25) is 5.91 Å². The van der Waals surface area contributed by atoms with Gasteiger partial charge in [-0.15, -0.1) is 0 Å². The zero-order valence-corrected chi connectivity index (χ0v) is 13.3. The number of fused-ring (bicyclic) bond motifs is 1. The zero-order valence-electron chi connectivity index (χ0n) is 13.3. The van der Waals surface area contributed by atoms with E-state index in [9.17, 15) is 14.0 Å². The molecular formula is C19H17FN2O2. The van der Waals surface area contributed by atoms with Crippen LogP contribution in [0.25, 0.3) is 5.70 Å². The molecule has 3 rings (SSSR count). The summed E-state index contributed by atoms with van der Waals surface area (Å²) in [5.74, 6) is -0.982. The van der Waals surface area contributed by atoms with Gasteiger partial charge in [-0.05, 0) is 19.1 Å². The lowest BCUT2D eigenvalue weighted by atomic mass is 10.1. The topological polar surface area (TPSA) is 49.4 Å². The van der Waals surface area contributed by atoms with Gasteiger partial charge in [0.15, 0.2) is 0 Å². The summed E-state index contributed by atoms with van der Waals surface area (Å²) in [6.07, 6.45) is 0. The second kappa shape index (κ2) is 6.28. The van der Waals surface area contributed by atoms with Crippen molar-refractivity contribution in [2.75, 3.05) is 0 Å². The highest BCUT2D eigenvalue weighted by Crippen LogP contribution is 2.32. The molecule has 4 nitrogen and oxygen atoms in total. The van der Waals surface area contributed by atoms with Crippen LogP contribution >= 0.6 is 0 Å². The monoisotopic (exact) mass is 324 g/mol. The number of nitrogens with zero attached hydrogens (tertiary/aromatic N) is 1. The first-order valence-electron chi connectivity index (χ1n) is 7.63. The molecule has 122 valence electrons. The smallest absolute Gasteiger partial charge is 0.259 e. The summed E-state index contributed by atoms with van der Waals surface area (Å²) in [6.45, 7) is 5.63. The number of hydrogen-bond acceptors (Lipinski definition) is 2. The molecule has 2 aromatic rings. The Morgan fingerprint density at radius 3 is 2.46 bits per heavy atom. The molecule has 2 aromatic carbocycles. The van der Waals surface area contributed by atoms with Gasteiger partial charge >= 0.3 is 0 Å². The van der Waals surface area contributed by atoms with E-state index in [0.717, 1.165) is 5.56 Å². The first-order valence-corrected chi connectivity index (χ1v) is 7.63. The molecule has 1 unspecified atom stereocenters. The average Bonchev–Trinajstić information content (AvgIpc) is 2.85. The van der Waals surface area contributed by atoms with Crippen molar-refractivity contribution in [1.29, 1.82) is 0 Å². The van der Waals surface area contributed by atoms with E-state index in [1.165, 1.54) is 11.0 Å². The molecule has 2 amide bonds. The molecule has 1 N–H and O–H groups in total. The van der Waals surface area contributed by atoms with Crippen LogP contribution in [0.5, 0.6) is 0 Å². The highest BCUT2D eigenvalue weighted by molar-refractivity contribution is 6.10. The Labute approximate surface area is 139 Å². The summed E-state index contributed by atoms with van der Waals surface area (Å²) in [4.78, 5) is 26.3. The molecule has 1 atom stereocenters. The molecule has 0 saturated heterocycles. The summed E-state index contributed by atoms with van der Waals surface area (Å²) in [5.41, 5.74) is 2.17. The first kappa shape index (κ1) is 15.9. The quantitative estimate of drug-likeness (QED) is 0.940. The molecule has 0 radical (unpaired) electrons. The highest BCUT2D eigenvalue weighted by atomic mass is 19.1. The SMILES string of the molecule is C=C1c2ccccc2C(=O)N1C(C)C(=O)NCc1ccccc1F. The van der Waals surface area contributed by atoms with Crippen LogP contribution < -0.4 is 5.32 Å².